The first-order valence-corrected chi connectivity index (χ1v) is 6.96. The summed E-state index contributed by atoms with van der Waals surface area (Å²) in [5.74, 6) is 0. The van der Waals surface area contributed by atoms with Crippen LogP contribution in [0.4, 0.5) is 5.69 Å². The van der Waals surface area contributed by atoms with Gasteiger partial charge in [0, 0.05) is 18.1 Å². The van der Waals surface area contributed by atoms with Gasteiger partial charge in [-0.15, -0.1) is 0 Å². The van der Waals surface area contributed by atoms with E-state index in [1.165, 1.54) is 19.3 Å². The predicted molar refractivity (Wildman–Crippen MR) is 76.0 cm³/mol. The Labute approximate surface area is 114 Å². The molecule has 1 aliphatic heterocycles. The van der Waals surface area contributed by atoms with Gasteiger partial charge in [0.2, 0.25) is 0 Å². The molecule has 0 bridgehead atoms. The van der Waals surface area contributed by atoms with Crippen molar-refractivity contribution < 1.29 is 0 Å². The highest BCUT2D eigenvalue weighted by molar-refractivity contribution is 6.30. The van der Waals surface area contributed by atoms with Crippen LogP contribution in [-0.2, 0) is 0 Å². The fraction of sp³-hybridized carbons (Fsp3) is 0.533. The van der Waals surface area contributed by atoms with Crippen molar-refractivity contribution in [2.75, 3.05) is 18.0 Å². The van der Waals surface area contributed by atoms with Crippen molar-refractivity contribution in [2.45, 2.75) is 33.1 Å². The standard InChI is InChI=1S/C15H19ClN2/c1-3-15(4-2)7-8-18(11-15)14-9-13(16)6-5-12(14)10-17/h5-6,9H,3-4,7-8,11H2,1-2H3. The van der Waals surface area contributed by atoms with Gasteiger partial charge >= 0.3 is 0 Å². The lowest BCUT2D eigenvalue weighted by molar-refractivity contribution is 0.301. The fourth-order valence-corrected chi connectivity index (χ4v) is 3.00. The Morgan fingerprint density at radius 1 is 1.39 bits per heavy atom. The van der Waals surface area contributed by atoms with Crippen LogP contribution in [-0.4, -0.2) is 13.1 Å². The molecule has 18 heavy (non-hydrogen) atoms. The molecule has 0 saturated carbocycles. The smallest absolute Gasteiger partial charge is 0.101 e. The van der Waals surface area contributed by atoms with Crippen LogP contribution >= 0.6 is 11.6 Å². The molecule has 1 aromatic carbocycles. The summed E-state index contributed by atoms with van der Waals surface area (Å²) >= 11 is 6.05. The second-order valence-electron chi connectivity index (χ2n) is 5.15. The molecule has 0 unspecified atom stereocenters. The highest BCUT2D eigenvalue weighted by Gasteiger charge is 2.35. The largest absolute Gasteiger partial charge is 0.370 e. The number of anilines is 1. The van der Waals surface area contributed by atoms with E-state index in [0.717, 1.165) is 24.3 Å². The first-order valence-electron chi connectivity index (χ1n) is 6.59. The molecule has 1 saturated heterocycles. The number of hydrogen-bond acceptors (Lipinski definition) is 2. The molecule has 2 rings (SSSR count). The van der Waals surface area contributed by atoms with E-state index in [2.05, 4.69) is 24.8 Å². The van der Waals surface area contributed by atoms with Gasteiger partial charge in [-0.25, -0.2) is 0 Å². The number of nitriles is 1. The molecular weight excluding hydrogens is 244 g/mol. The quantitative estimate of drug-likeness (QED) is 0.815. The minimum Gasteiger partial charge on any atom is -0.370 e. The molecule has 96 valence electrons. The van der Waals surface area contributed by atoms with Crippen LogP contribution in [0, 0.1) is 16.7 Å². The zero-order valence-corrected chi connectivity index (χ0v) is 11.8. The lowest BCUT2D eigenvalue weighted by Crippen LogP contribution is -2.26. The first-order chi connectivity index (χ1) is 8.64. The molecule has 0 aliphatic carbocycles. The molecule has 1 aliphatic rings. The Kier molecular flexibility index (Phi) is 3.82. The molecule has 0 spiro atoms. The third-order valence-corrected chi connectivity index (χ3v) is 4.59. The highest BCUT2D eigenvalue weighted by atomic mass is 35.5. The Balaban J connectivity index is 2.29. The van der Waals surface area contributed by atoms with Crippen LogP contribution in [0.15, 0.2) is 18.2 Å². The van der Waals surface area contributed by atoms with Gasteiger partial charge in [0.05, 0.1) is 11.3 Å². The van der Waals surface area contributed by atoms with Crippen molar-refractivity contribution in [3.63, 3.8) is 0 Å². The molecule has 1 heterocycles. The van der Waals surface area contributed by atoms with E-state index >= 15 is 0 Å². The van der Waals surface area contributed by atoms with Crippen molar-refractivity contribution in [3.8, 4) is 6.07 Å². The third-order valence-electron chi connectivity index (χ3n) is 4.36. The maximum absolute atomic E-state index is 9.19. The molecule has 0 N–H and O–H groups in total. The predicted octanol–water partition coefficient (Wildman–Crippen LogP) is 4.23. The molecule has 1 aromatic rings. The van der Waals surface area contributed by atoms with E-state index in [-0.39, 0.29) is 0 Å². The normalized spacial score (nSPS) is 17.8. The topological polar surface area (TPSA) is 27.0 Å². The second-order valence-corrected chi connectivity index (χ2v) is 5.59. The second kappa shape index (κ2) is 5.20. The summed E-state index contributed by atoms with van der Waals surface area (Å²) in [7, 11) is 0. The monoisotopic (exact) mass is 262 g/mol. The van der Waals surface area contributed by atoms with Gasteiger partial charge in [-0.3, -0.25) is 0 Å². The first kappa shape index (κ1) is 13.2. The van der Waals surface area contributed by atoms with E-state index in [9.17, 15) is 5.26 Å². The zero-order chi connectivity index (χ0) is 13.2. The Bertz CT molecular complexity index is 472. The maximum Gasteiger partial charge on any atom is 0.101 e. The van der Waals surface area contributed by atoms with Crippen LogP contribution in [0.3, 0.4) is 0 Å². The molecule has 0 aromatic heterocycles. The lowest BCUT2D eigenvalue weighted by Gasteiger charge is -2.27. The van der Waals surface area contributed by atoms with Gasteiger partial charge in [-0.05, 0) is 42.9 Å². The van der Waals surface area contributed by atoms with E-state index < -0.39 is 0 Å². The average molecular weight is 263 g/mol. The van der Waals surface area contributed by atoms with Crippen LogP contribution in [0.2, 0.25) is 5.02 Å². The van der Waals surface area contributed by atoms with E-state index in [1.807, 2.05) is 12.1 Å². The van der Waals surface area contributed by atoms with Crippen molar-refractivity contribution in [2.24, 2.45) is 5.41 Å². The SMILES string of the molecule is CCC1(CC)CCN(c2cc(Cl)ccc2C#N)C1. The molecule has 0 atom stereocenters. The molecule has 2 nitrogen and oxygen atoms in total. The summed E-state index contributed by atoms with van der Waals surface area (Å²) in [5, 5.41) is 9.90. The van der Waals surface area contributed by atoms with Crippen molar-refractivity contribution in [1.82, 2.24) is 0 Å². The lowest BCUT2D eigenvalue weighted by atomic mass is 9.82. The molecule has 3 heteroatoms. The van der Waals surface area contributed by atoms with Crippen molar-refractivity contribution in [1.29, 1.82) is 5.26 Å². The van der Waals surface area contributed by atoms with E-state index in [1.54, 1.807) is 6.07 Å². The van der Waals surface area contributed by atoms with Crippen LogP contribution in [0.5, 0.6) is 0 Å². The molecule has 0 radical (unpaired) electrons. The van der Waals surface area contributed by atoms with Crippen LogP contribution in [0.1, 0.15) is 38.7 Å². The summed E-state index contributed by atoms with van der Waals surface area (Å²) < 4.78 is 0. The minimum atomic E-state index is 0.412. The number of nitrogens with zero attached hydrogens (tertiary/aromatic N) is 2. The number of benzene rings is 1. The number of halogens is 1. The summed E-state index contributed by atoms with van der Waals surface area (Å²) in [6.45, 7) is 6.58. The van der Waals surface area contributed by atoms with Gasteiger partial charge in [-0.2, -0.15) is 5.26 Å². The van der Waals surface area contributed by atoms with Crippen molar-refractivity contribution in [3.05, 3.63) is 28.8 Å². The summed E-state index contributed by atoms with van der Waals surface area (Å²) in [6.07, 6.45) is 3.60. The molecular formula is C15H19ClN2. The summed E-state index contributed by atoms with van der Waals surface area (Å²) in [4.78, 5) is 2.32. The number of rotatable bonds is 3. The van der Waals surface area contributed by atoms with Gasteiger partial charge < -0.3 is 4.90 Å². The maximum atomic E-state index is 9.19. The van der Waals surface area contributed by atoms with Crippen LogP contribution in [0.25, 0.3) is 0 Å². The Morgan fingerprint density at radius 2 is 2.11 bits per heavy atom. The molecule has 0 amide bonds. The van der Waals surface area contributed by atoms with Gasteiger partial charge in [0.1, 0.15) is 6.07 Å². The summed E-state index contributed by atoms with van der Waals surface area (Å²) in [6, 6.07) is 7.78. The van der Waals surface area contributed by atoms with Gasteiger partial charge in [0.15, 0.2) is 0 Å². The Hall–Kier alpha value is -1.20. The van der Waals surface area contributed by atoms with Crippen LogP contribution < -0.4 is 4.90 Å². The summed E-state index contributed by atoms with van der Waals surface area (Å²) in [5.41, 5.74) is 2.13. The van der Waals surface area contributed by atoms with Crippen molar-refractivity contribution >= 4 is 17.3 Å². The highest BCUT2D eigenvalue weighted by Crippen LogP contribution is 2.40. The Morgan fingerprint density at radius 3 is 2.67 bits per heavy atom. The van der Waals surface area contributed by atoms with E-state index in [4.69, 9.17) is 11.6 Å². The zero-order valence-electron chi connectivity index (χ0n) is 11.0. The number of hydrogen-bond donors (Lipinski definition) is 0. The molecule has 1 fully saturated rings. The van der Waals surface area contributed by atoms with Gasteiger partial charge in [-0.1, -0.05) is 25.4 Å². The third kappa shape index (κ3) is 2.33. The van der Waals surface area contributed by atoms with E-state index in [0.29, 0.717) is 10.4 Å². The fourth-order valence-electron chi connectivity index (χ4n) is 2.83. The van der Waals surface area contributed by atoms with Gasteiger partial charge in [0.25, 0.3) is 0 Å². The minimum absolute atomic E-state index is 0.412. The average Bonchev–Trinajstić information content (AvgIpc) is 2.83.